The van der Waals surface area contributed by atoms with Gasteiger partial charge in [-0.25, -0.2) is 4.98 Å². The van der Waals surface area contributed by atoms with E-state index in [1.54, 1.807) is 30.4 Å². The average Bonchev–Trinajstić information content (AvgIpc) is 2.84. The fourth-order valence-electron chi connectivity index (χ4n) is 3.91. The predicted molar refractivity (Wildman–Crippen MR) is 144 cm³/mol. The standard InChI is InChI=1S/C28H33ClN4O2/c1-7-10-25(32(4)5)22-15-19(3)31-28-21(22)11-9-12-26(28)35-18-23-20(16-30-17-24(23)29)13-14-27(34)33(6)8-2/h7,9-12,15-17H,1,8,13-14,18H2,2-6H3/b25-10-. The quantitative estimate of drug-likeness (QED) is 0.341. The van der Waals surface area contributed by atoms with Crippen molar-refractivity contribution in [1.82, 2.24) is 19.8 Å². The Labute approximate surface area is 212 Å². The number of benzene rings is 1. The van der Waals surface area contributed by atoms with E-state index in [0.29, 0.717) is 30.2 Å². The van der Waals surface area contributed by atoms with E-state index in [2.05, 4.69) is 22.5 Å². The van der Waals surface area contributed by atoms with Gasteiger partial charge in [-0.05, 0) is 44.0 Å². The largest absolute Gasteiger partial charge is 0.487 e. The van der Waals surface area contributed by atoms with Gasteiger partial charge in [0.15, 0.2) is 0 Å². The number of rotatable bonds is 10. The van der Waals surface area contributed by atoms with Crippen LogP contribution in [0.3, 0.4) is 0 Å². The van der Waals surface area contributed by atoms with Crippen molar-refractivity contribution in [2.24, 2.45) is 0 Å². The normalized spacial score (nSPS) is 11.4. The zero-order chi connectivity index (χ0) is 25.5. The number of para-hydroxylation sites is 1. The summed E-state index contributed by atoms with van der Waals surface area (Å²) in [5, 5.41) is 1.51. The van der Waals surface area contributed by atoms with E-state index < -0.39 is 0 Å². The maximum absolute atomic E-state index is 12.3. The topological polar surface area (TPSA) is 58.6 Å². The minimum Gasteiger partial charge on any atom is -0.487 e. The maximum atomic E-state index is 12.3. The molecule has 3 aromatic rings. The van der Waals surface area contributed by atoms with Crippen molar-refractivity contribution in [2.75, 3.05) is 27.7 Å². The van der Waals surface area contributed by atoms with Crippen molar-refractivity contribution in [1.29, 1.82) is 0 Å². The zero-order valence-electron chi connectivity index (χ0n) is 21.1. The number of carbonyl (C=O) groups is 1. The van der Waals surface area contributed by atoms with E-state index in [1.807, 2.05) is 52.2 Å². The number of halogens is 1. The molecule has 0 N–H and O–H groups in total. The molecule has 1 aromatic carbocycles. The Balaban J connectivity index is 1.94. The third-order valence-corrected chi connectivity index (χ3v) is 6.26. The van der Waals surface area contributed by atoms with Gasteiger partial charge in [-0.1, -0.05) is 36.4 Å². The molecule has 0 aliphatic carbocycles. The lowest BCUT2D eigenvalue weighted by Gasteiger charge is -2.20. The average molecular weight is 493 g/mol. The molecule has 0 aliphatic heterocycles. The lowest BCUT2D eigenvalue weighted by Crippen LogP contribution is -2.26. The highest BCUT2D eigenvalue weighted by atomic mass is 35.5. The van der Waals surface area contributed by atoms with Gasteiger partial charge in [-0.3, -0.25) is 9.78 Å². The first-order valence-electron chi connectivity index (χ1n) is 11.7. The number of amides is 1. The van der Waals surface area contributed by atoms with Crippen molar-refractivity contribution in [2.45, 2.75) is 33.3 Å². The number of hydrogen-bond donors (Lipinski definition) is 0. The molecule has 0 aliphatic rings. The van der Waals surface area contributed by atoms with Crippen LogP contribution in [-0.4, -0.2) is 53.4 Å². The molecule has 35 heavy (non-hydrogen) atoms. The van der Waals surface area contributed by atoms with Gasteiger partial charge in [0.05, 0.1) is 5.02 Å². The van der Waals surface area contributed by atoms with Crippen molar-refractivity contribution in [3.8, 4) is 5.75 Å². The smallest absolute Gasteiger partial charge is 0.222 e. The SMILES string of the molecule is C=C/C=C(/c1cc(C)nc2c(OCc3c(Cl)cncc3CCC(=O)N(C)CC)cccc12)N(C)C. The first-order chi connectivity index (χ1) is 16.8. The molecular weight excluding hydrogens is 460 g/mol. The van der Waals surface area contributed by atoms with E-state index in [0.717, 1.165) is 39.0 Å². The first kappa shape index (κ1) is 26.2. The summed E-state index contributed by atoms with van der Waals surface area (Å²) >= 11 is 6.50. The summed E-state index contributed by atoms with van der Waals surface area (Å²) in [7, 11) is 5.82. The van der Waals surface area contributed by atoms with Crippen molar-refractivity contribution in [3.63, 3.8) is 0 Å². The molecule has 0 atom stereocenters. The number of fused-ring (bicyclic) bond motifs is 1. The number of aromatic nitrogens is 2. The number of ether oxygens (including phenoxy) is 1. The van der Waals surface area contributed by atoms with Crippen LogP contribution >= 0.6 is 11.6 Å². The van der Waals surface area contributed by atoms with Gasteiger partial charge >= 0.3 is 0 Å². The summed E-state index contributed by atoms with van der Waals surface area (Å²) in [5.41, 5.74) is 5.51. The number of allylic oxidation sites excluding steroid dienone is 2. The molecule has 1 amide bonds. The van der Waals surface area contributed by atoms with Crippen LogP contribution in [0.25, 0.3) is 16.6 Å². The van der Waals surface area contributed by atoms with Gasteiger partial charge < -0.3 is 14.5 Å². The highest BCUT2D eigenvalue weighted by Gasteiger charge is 2.16. The second-order valence-corrected chi connectivity index (χ2v) is 9.01. The molecule has 0 saturated carbocycles. The number of nitrogens with zero attached hydrogens (tertiary/aromatic N) is 4. The van der Waals surface area contributed by atoms with E-state index in [1.165, 1.54) is 0 Å². The Hall–Kier alpha value is -3.38. The molecule has 0 unspecified atom stereocenters. The third kappa shape index (κ3) is 6.20. The fourth-order valence-corrected chi connectivity index (χ4v) is 4.14. The van der Waals surface area contributed by atoms with Crippen molar-refractivity contribution < 1.29 is 9.53 Å². The number of hydrogen-bond acceptors (Lipinski definition) is 5. The second-order valence-electron chi connectivity index (χ2n) is 8.60. The van der Waals surface area contributed by atoms with Crippen LogP contribution in [-0.2, 0) is 17.8 Å². The second kappa shape index (κ2) is 11.8. The minimum absolute atomic E-state index is 0.0878. The zero-order valence-corrected chi connectivity index (χ0v) is 21.9. The Morgan fingerprint density at radius 2 is 2.00 bits per heavy atom. The molecule has 3 rings (SSSR count). The molecule has 2 aromatic heterocycles. The van der Waals surface area contributed by atoms with E-state index >= 15 is 0 Å². The highest BCUT2D eigenvalue weighted by Crippen LogP contribution is 2.32. The summed E-state index contributed by atoms with van der Waals surface area (Å²) in [5.74, 6) is 0.759. The third-order valence-electron chi connectivity index (χ3n) is 5.94. The molecule has 0 bridgehead atoms. The fraction of sp³-hybridized carbons (Fsp3) is 0.321. The van der Waals surface area contributed by atoms with Crippen LogP contribution in [0.4, 0.5) is 0 Å². The van der Waals surface area contributed by atoms with Crippen LogP contribution in [0.15, 0.2) is 55.4 Å². The maximum Gasteiger partial charge on any atom is 0.222 e. The molecule has 7 heteroatoms. The van der Waals surface area contributed by atoms with Crippen molar-refractivity contribution >= 4 is 34.1 Å². The molecular formula is C28H33ClN4O2. The predicted octanol–water partition coefficient (Wildman–Crippen LogP) is 5.67. The monoisotopic (exact) mass is 492 g/mol. The lowest BCUT2D eigenvalue weighted by molar-refractivity contribution is -0.129. The lowest BCUT2D eigenvalue weighted by atomic mass is 10.0. The number of pyridine rings is 2. The Morgan fingerprint density at radius 1 is 1.23 bits per heavy atom. The van der Waals surface area contributed by atoms with Crippen LogP contribution in [0, 0.1) is 6.92 Å². The summed E-state index contributed by atoms with van der Waals surface area (Å²) in [6.07, 6.45) is 8.08. The van der Waals surface area contributed by atoms with Crippen LogP contribution in [0.2, 0.25) is 5.02 Å². The van der Waals surface area contributed by atoms with E-state index in [9.17, 15) is 4.79 Å². The number of aryl methyl sites for hydroxylation is 2. The van der Waals surface area contributed by atoms with Gasteiger partial charge in [0.25, 0.3) is 0 Å². The van der Waals surface area contributed by atoms with Gasteiger partial charge in [0, 0.05) is 74.4 Å². The van der Waals surface area contributed by atoms with Crippen LogP contribution in [0.5, 0.6) is 5.75 Å². The van der Waals surface area contributed by atoms with Crippen LogP contribution < -0.4 is 4.74 Å². The van der Waals surface area contributed by atoms with E-state index in [-0.39, 0.29) is 12.5 Å². The molecule has 2 heterocycles. The molecule has 0 fully saturated rings. The minimum atomic E-state index is 0.0878. The summed E-state index contributed by atoms with van der Waals surface area (Å²) in [6, 6.07) is 8.00. The molecule has 184 valence electrons. The van der Waals surface area contributed by atoms with Gasteiger partial charge in [-0.15, -0.1) is 0 Å². The van der Waals surface area contributed by atoms with Gasteiger partial charge in [-0.2, -0.15) is 0 Å². The molecule has 0 saturated heterocycles. The van der Waals surface area contributed by atoms with Gasteiger partial charge in [0.2, 0.25) is 5.91 Å². The summed E-state index contributed by atoms with van der Waals surface area (Å²) in [4.78, 5) is 25.1. The Morgan fingerprint density at radius 3 is 2.69 bits per heavy atom. The molecule has 0 radical (unpaired) electrons. The molecule has 6 nitrogen and oxygen atoms in total. The van der Waals surface area contributed by atoms with Gasteiger partial charge in [0.1, 0.15) is 17.9 Å². The van der Waals surface area contributed by atoms with E-state index in [4.69, 9.17) is 21.3 Å². The number of carbonyl (C=O) groups excluding carboxylic acids is 1. The summed E-state index contributed by atoms with van der Waals surface area (Å²) < 4.78 is 6.29. The van der Waals surface area contributed by atoms with Crippen molar-refractivity contribution in [3.05, 3.63) is 82.8 Å². The van der Waals surface area contributed by atoms with Crippen LogP contribution in [0.1, 0.15) is 35.7 Å². The Kier molecular flexibility index (Phi) is 8.88. The highest BCUT2D eigenvalue weighted by molar-refractivity contribution is 6.31. The molecule has 0 spiro atoms. The summed E-state index contributed by atoms with van der Waals surface area (Å²) in [6.45, 7) is 8.72. The Bertz CT molecular complexity index is 1250. The first-order valence-corrected chi connectivity index (χ1v) is 12.0.